The van der Waals surface area contributed by atoms with Gasteiger partial charge in [0.05, 0.1) is 5.56 Å². The van der Waals surface area contributed by atoms with E-state index in [1.165, 1.54) is 12.3 Å². The maximum Gasteiger partial charge on any atom is 0.252 e. The Balaban J connectivity index is 0.000000185. The molecule has 3 aromatic carbocycles. The lowest BCUT2D eigenvalue weighted by molar-refractivity contribution is 0.0998. The third-order valence-electron chi connectivity index (χ3n) is 3.14. The Hall–Kier alpha value is -2.85. The number of fused-ring (bicyclic) bond motifs is 1. The molecule has 4 N–H and O–H groups in total. The van der Waals surface area contributed by atoms with Crippen molar-refractivity contribution in [3.8, 4) is 5.75 Å². The van der Waals surface area contributed by atoms with Gasteiger partial charge in [0.15, 0.2) is 0 Å². The molecule has 3 aromatic rings. The second kappa shape index (κ2) is 7.42. The number of halogens is 1. The number of primary amides is 1. The molecule has 0 aliphatic carbocycles. The van der Waals surface area contributed by atoms with E-state index in [0.29, 0.717) is 5.02 Å². The first-order valence-electron chi connectivity index (χ1n) is 6.79. The number of hydrogen-bond acceptors (Lipinski definition) is 3. The number of benzene rings is 3. The third kappa shape index (κ3) is 4.31. The van der Waals surface area contributed by atoms with Gasteiger partial charge in [-0.25, -0.2) is 0 Å². The molecule has 0 fully saturated rings. The molecule has 0 atom stereocenters. The summed E-state index contributed by atoms with van der Waals surface area (Å²) in [5, 5.41) is 18.8. The SMILES string of the molecule is N=Cc1cccc(Cl)c1.NC(=O)c1cc2ccccc2cc1O. The Bertz CT molecular complexity index is 863. The molecule has 0 aromatic heterocycles. The summed E-state index contributed by atoms with van der Waals surface area (Å²) in [7, 11) is 0. The van der Waals surface area contributed by atoms with Crippen LogP contribution in [0.15, 0.2) is 60.7 Å². The summed E-state index contributed by atoms with van der Waals surface area (Å²) in [5.41, 5.74) is 6.10. The van der Waals surface area contributed by atoms with Gasteiger partial charge in [-0.05, 0) is 40.6 Å². The number of aromatic hydroxyl groups is 1. The molecule has 0 aliphatic rings. The fourth-order valence-electron chi connectivity index (χ4n) is 2.02. The lowest BCUT2D eigenvalue weighted by Gasteiger charge is -2.02. The average molecular weight is 327 g/mol. The van der Waals surface area contributed by atoms with Crippen molar-refractivity contribution in [2.45, 2.75) is 0 Å². The molecule has 0 spiro atoms. The highest BCUT2D eigenvalue weighted by atomic mass is 35.5. The van der Waals surface area contributed by atoms with Crippen molar-refractivity contribution in [1.29, 1.82) is 5.41 Å². The van der Waals surface area contributed by atoms with Crippen molar-refractivity contribution < 1.29 is 9.90 Å². The first-order chi connectivity index (χ1) is 11.0. The number of carbonyl (C=O) groups is 1. The molecule has 3 rings (SSSR count). The van der Waals surface area contributed by atoms with Crippen LogP contribution in [0.25, 0.3) is 10.8 Å². The van der Waals surface area contributed by atoms with Crippen molar-refractivity contribution in [2.24, 2.45) is 5.73 Å². The first kappa shape index (κ1) is 16.5. The van der Waals surface area contributed by atoms with Crippen molar-refractivity contribution in [2.75, 3.05) is 0 Å². The minimum atomic E-state index is -0.617. The van der Waals surface area contributed by atoms with Crippen LogP contribution in [0, 0.1) is 5.41 Å². The highest BCUT2D eigenvalue weighted by Gasteiger charge is 2.07. The largest absolute Gasteiger partial charge is 0.507 e. The predicted molar refractivity (Wildman–Crippen MR) is 93.5 cm³/mol. The van der Waals surface area contributed by atoms with Crippen LogP contribution < -0.4 is 5.73 Å². The van der Waals surface area contributed by atoms with E-state index in [0.717, 1.165) is 16.3 Å². The molecule has 0 saturated carbocycles. The fraction of sp³-hybridized carbons (Fsp3) is 0. The topological polar surface area (TPSA) is 87.2 Å². The van der Waals surface area contributed by atoms with Gasteiger partial charge in [0.2, 0.25) is 0 Å². The van der Waals surface area contributed by atoms with Crippen LogP contribution in [0.2, 0.25) is 5.02 Å². The van der Waals surface area contributed by atoms with Gasteiger partial charge in [-0.15, -0.1) is 0 Å². The van der Waals surface area contributed by atoms with Gasteiger partial charge < -0.3 is 16.2 Å². The summed E-state index contributed by atoms with van der Waals surface area (Å²) in [6.07, 6.45) is 1.27. The fourth-order valence-corrected chi connectivity index (χ4v) is 2.22. The molecule has 4 nitrogen and oxygen atoms in total. The normalized spacial score (nSPS) is 9.78. The van der Waals surface area contributed by atoms with Gasteiger partial charge in [-0.1, -0.05) is 48.0 Å². The maximum atomic E-state index is 10.9. The minimum Gasteiger partial charge on any atom is -0.507 e. The zero-order chi connectivity index (χ0) is 16.8. The van der Waals surface area contributed by atoms with E-state index in [4.69, 9.17) is 22.7 Å². The molecule has 0 bridgehead atoms. The molecular weight excluding hydrogens is 312 g/mol. The highest BCUT2D eigenvalue weighted by Crippen LogP contribution is 2.24. The van der Waals surface area contributed by atoms with E-state index in [1.807, 2.05) is 36.4 Å². The third-order valence-corrected chi connectivity index (χ3v) is 3.38. The Labute approximate surface area is 138 Å². The molecule has 0 aliphatic heterocycles. The Morgan fingerprint density at radius 3 is 2.22 bits per heavy atom. The van der Waals surface area contributed by atoms with E-state index in [2.05, 4.69) is 0 Å². The monoisotopic (exact) mass is 326 g/mol. The van der Waals surface area contributed by atoms with Crippen LogP contribution in [-0.4, -0.2) is 17.2 Å². The molecule has 0 unspecified atom stereocenters. The van der Waals surface area contributed by atoms with Crippen LogP contribution in [0.4, 0.5) is 0 Å². The smallest absolute Gasteiger partial charge is 0.252 e. The minimum absolute atomic E-state index is 0.0730. The zero-order valence-electron chi connectivity index (χ0n) is 12.2. The predicted octanol–water partition coefficient (Wildman–Crippen LogP) is 3.98. The van der Waals surface area contributed by atoms with Gasteiger partial charge >= 0.3 is 0 Å². The van der Waals surface area contributed by atoms with E-state index in [-0.39, 0.29) is 11.3 Å². The number of hydrogen-bond donors (Lipinski definition) is 3. The van der Waals surface area contributed by atoms with Gasteiger partial charge in [-0.2, -0.15) is 0 Å². The summed E-state index contributed by atoms with van der Waals surface area (Å²) < 4.78 is 0. The lowest BCUT2D eigenvalue weighted by Crippen LogP contribution is -2.10. The van der Waals surface area contributed by atoms with E-state index >= 15 is 0 Å². The molecule has 116 valence electrons. The molecule has 0 heterocycles. The standard InChI is InChI=1S/C11H9NO2.C7H6ClN/c12-11(14)9-5-7-3-1-2-4-8(7)6-10(9)13;8-7-3-1-2-6(4-7)5-9/h1-6,13H,(H2,12,14);1-5,9H. The van der Waals surface area contributed by atoms with Gasteiger partial charge in [-0.3, -0.25) is 4.79 Å². The van der Waals surface area contributed by atoms with Crippen molar-refractivity contribution in [3.05, 3.63) is 76.8 Å². The summed E-state index contributed by atoms with van der Waals surface area (Å²) in [6.45, 7) is 0. The summed E-state index contributed by atoms with van der Waals surface area (Å²) in [4.78, 5) is 10.9. The van der Waals surface area contributed by atoms with Gasteiger partial charge in [0, 0.05) is 11.2 Å². The van der Waals surface area contributed by atoms with Crippen LogP contribution in [0.5, 0.6) is 5.75 Å². The molecular formula is C18H15ClN2O2. The molecule has 1 amide bonds. The summed E-state index contributed by atoms with van der Waals surface area (Å²) >= 11 is 5.62. The van der Waals surface area contributed by atoms with Crippen LogP contribution >= 0.6 is 11.6 Å². The van der Waals surface area contributed by atoms with Crippen LogP contribution in [0.1, 0.15) is 15.9 Å². The number of nitrogens with one attached hydrogen (secondary N) is 1. The van der Waals surface area contributed by atoms with Crippen LogP contribution in [-0.2, 0) is 0 Å². The van der Waals surface area contributed by atoms with Gasteiger partial charge in [0.1, 0.15) is 5.75 Å². The lowest BCUT2D eigenvalue weighted by atomic mass is 10.1. The Kier molecular flexibility index (Phi) is 5.33. The molecule has 5 heteroatoms. The van der Waals surface area contributed by atoms with Crippen molar-refractivity contribution in [1.82, 2.24) is 0 Å². The maximum absolute atomic E-state index is 10.9. The summed E-state index contributed by atoms with van der Waals surface area (Å²) in [6, 6.07) is 17.8. The highest BCUT2D eigenvalue weighted by molar-refractivity contribution is 6.30. The number of carbonyl (C=O) groups excluding carboxylic acids is 1. The van der Waals surface area contributed by atoms with Crippen molar-refractivity contribution in [3.63, 3.8) is 0 Å². The first-order valence-corrected chi connectivity index (χ1v) is 7.16. The summed E-state index contributed by atoms with van der Waals surface area (Å²) in [5.74, 6) is -0.690. The molecule has 0 radical (unpaired) electrons. The second-order valence-corrected chi connectivity index (χ2v) is 5.22. The Morgan fingerprint density at radius 2 is 1.70 bits per heavy atom. The second-order valence-electron chi connectivity index (χ2n) is 4.78. The average Bonchev–Trinajstić information content (AvgIpc) is 2.54. The number of nitrogens with two attached hydrogens (primary N) is 1. The van der Waals surface area contributed by atoms with E-state index in [1.54, 1.807) is 18.2 Å². The molecule has 0 saturated heterocycles. The zero-order valence-corrected chi connectivity index (χ0v) is 12.9. The number of rotatable bonds is 2. The Morgan fingerprint density at radius 1 is 1.04 bits per heavy atom. The number of phenols is 1. The number of amides is 1. The van der Waals surface area contributed by atoms with E-state index < -0.39 is 5.91 Å². The van der Waals surface area contributed by atoms with Gasteiger partial charge in [0.25, 0.3) is 5.91 Å². The van der Waals surface area contributed by atoms with Crippen molar-refractivity contribution >= 4 is 34.5 Å². The van der Waals surface area contributed by atoms with Crippen LogP contribution in [0.3, 0.4) is 0 Å². The van der Waals surface area contributed by atoms with E-state index in [9.17, 15) is 9.90 Å². The molecule has 23 heavy (non-hydrogen) atoms. The quantitative estimate of drug-likeness (QED) is 0.622.